The molecule has 4 heteroatoms. The topological polar surface area (TPSA) is 55.0 Å². The number of nitrogens with two attached hydrogens (primary N) is 1. The Kier molecular flexibility index (Phi) is 6.47. The average molecular weight is 304 g/mol. The summed E-state index contributed by atoms with van der Waals surface area (Å²) in [7, 11) is 0. The van der Waals surface area contributed by atoms with E-state index >= 15 is 0 Å². The first kappa shape index (κ1) is 17.0. The summed E-state index contributed by atoms with van der Waals surface area (Å²) in [6, 6.07) is 0. The molecule has 0 aromatic carbocycles. The normalized spacial score (nSPS) is 16.8. The first-order valence-electron chi connectivity index (χ1n) is 9.02. The van der Waals surface area contributed by atoms with Gasteiger partial charge in [0.2, 0.25) is 0 Å². The molecule has 1 aromatic heterocycles. The Balaban J connectivity index is 2.17. The molecule has 0 radical (unpaired) electrons. The van der Waals surface area contributed by atoms with Gasteiger partial charge in [0.15, 0.2) is 5.82 Å². The number of piperidine rings is 1. The summed E-state index contributed by atoms with van der Waals surface area (Å²) in [4.78, 5) is 2.42. The lowest BCUT2D eigenvalue weighted by Gasteiger charge is -2.31. The summed E-state index contributed by atoms with van der Waals surface area (Å²) < 4.78 is 0. The SMILES string of the molecule is CCCCCCC(C)c1c(N2CCCCC2)nnc(N)c1C. The molecule has 1 fully saturated rings. The van der Waals surface area contributed by atoms with Gasteiger partial charge in [0.1, 0.15) is 5.82 Å². The first-order chi connectivity index (χ1) is 10.6. The Morgan fingerprint density at radius 2 is 1.82 bits per heavy atom. The third-order valence-electron chi connectivity index (χ3n) is 4.92. The van der Waals surface area contributed by atoms with Crippen LogP contribution in [0.4, 0.5) is 11.6 Å². The molecule has 0 aliphatic carbocycles. The fourth-order valence-corrected chi connectivity index (χ4v) is 3.49. The van der Waals surface area contributed by atoms with E-state index in [1.807, 2.05) is 0 Å². The monoisotopic (exact) mass is 304 g/mol. The molecule has 1 aliphatic heterocycles. The number of aromatic nitrogens is 2. The zero-order valence-electron chi connectivity index (χ0n) is 14.6. The van der Waals surface area contributed by atoms with Gasteiger partial charge in [-0.3, -0.25) is 0 Å². The van der Waals surface area contributed by atoms with E-state index in [0.717, 1.165) is 24.5 Å². The van der Waals surface area contributed by atoms with Gasteiger partial charge in [-0.15, -0.1) is 10.2 Å². The molecule has 1 atom stereocenters. The Labute approximate surface area is 135 Å². The number of hydrogen-bond donors (Lipinski definition) is 1. The Bertz CT molecular complexity index is 466. The fourth-order valence-electron chi connectivity index (χ4n) is 3.49. The van der Waals surface area contributed by atoms with E-state index in [4.69, 9.17) is 5.73 Å². The van der Waals surface area contributed by atoms with Gasteiger partial charge in [-0.2, -0.15) is 0 Å². The van der Waals surface area contributed by atoms with Gasteiger partial charge in [-0.25, -0.2) is 0 Å². The van der Waals surface area contributed by atoms with Crippen LogP contribution in [0.2, 0.25) is 0 Å². The number of hydrogen-bond acceptors (Lipinski definition) is 4. The van der Waals surface area contributed by atoms with Crippen LogP contribution >= 0.6 is 0 Å². The van der Waals surface area contributed by atoms with E-state index in [1.54, 1.807) is 0 Å². The molecule has 0 spiro atoms. The second-order valence-corrected chi connectivity index (χ2v) is 6.75. The van der Waals surface area contributed by atoms with Crippen LogP contribution in [0.3, 0.4) is 0 Å². The highest BCUT2D eigenvalue weighted by Crippen LogP contribution is 2.34. The van der Waals surface area contributed by atoms with Crippen molar-refractivity contribution in [3.8, 4) is 0 Å². The number of nitrogens with zero attached hydrogens (tertiary/aromatic N) is 3. The minimum absolute atomic E-state index is 0.506. The highest BCUT2D eigenvalue weighted by molar-refractivity contribution is 5.57. The van der Waals surface area contributed by atoms with Gasteiger partial charge < -0.3 is 10.6 Å². The third kappa shape index (κ3) is 4.11. The molecule has 2 rings (SSSR count). The zero-order valence-corrected chi connectivity index (χ0v) is 14.6. The predicted molar refractivity (Wildman–Crippen MR) is 94.4 cm³/mol. The minimum Gasteiger partial charge on any atom is -0.382 e. The minimum atomic E-state index is 0.506. The Hall–Kier alpha value is -1.32. The smallest absolute Gasteiger partial charge is 0.155 e. The van der Waals surface area contributed by atoms with Gasteiger partial charge in [0.05, 0.1) is 0 Å². The Morgan fingerprint density at radius 3 is 2.50 bits per heavy atom. The predicted octanol–water partition coefficient (Wildman–Crippen LogP) is 4.43. The molecule has 0 saturated carbocycles. The van der Waals surface area contributed by atoms with Crippen molar-refractivity contribution in [2.45, 2.75) is 78.1 Å². The largest absolute Gasteiger partial charge is 0.382 e. The van der Waals surface area contributed by atoms with Crippen molar-refractivity contribution in [1.82, 2.24) is 10.2 Å². The van der Waals surface area contributed by atoms with Gasteiger partial charge in [0.25, 0.3) is 0 Å². The quantitative estimate of drug-likeness (QED) is 0.757. The molecule has 0 amide bonds. The third-order valence-corrected chi connectivity index (χ3v) is 4.92. The maximum absolute atomic E-state index is 6.04. The number of unbranched alkanes of at least 4 members (excludes halogenated alkanes) is 3. The molecule has 1 aromatic rings. The van der Waals surface area contributed by atoms with Gasteiger partial charge >= 0.3 is 0 Å². The lowest BCUT2D eigenvalue weighted by Crippen LogP contribution is -2.32. The lowest BCUT2D eigenvalue weighted by molar-refractivity contribution is 0.553. The molecular weight excluding hydrogens is 272 g/mol. The molecule has 1 unspecified atom stereocenters. The van der Waals surface area contributed by atoms with E-state index in [1.165, 1.54) is 56.9 Å². The summed E-state index contributed by atoms with van der Waals surface area (Å²) >= 11 is 0. The van der Waals surface area contributed by atoms with Crippen LogP contribution in [0.25, 0.3) is 0 Å². The maximum atomic E-state index is 6.04. The summed E-state index contributed by atoms with van der Waals surface area (Å²) in [6.07, 6.45) is 10.3. The van der Waals surface area contributed by atoms with E-state index in [2.05, 4.69) is 35.9 Å². The van der Waals surface area contributed by atoms with E-state index in [9.17, 15) is 0 Å². The molecule has 2 heterocycles. The number of anilines is 2. The summed E-state index contributed by atoms with van der Waals surface area (Å²) in [5, 5.41) is 8.67. The molecule has 2 N–H and O–H groups in total. The second kappa shape index (κ2) is 8.35. The number of nitrogen functional groups attached to an aromatic ring is 1. The van der Waals surface area contributed by atoms with E-state index < -0.39 is 0 Å². The van der Waals surface area contributed by atoms with Crippen LogP contribution in [-0.2, 0) is 0 Å². The number of rotatable bonds is 7. The van der Waals surface area contributed by atoms with Crippen molar-refractivity contribution >= 4 is 11.6 Å². The van der Waals surface area contributed by atoms with Crippen molar-refractivity contribution in [1.29, 1.82) is 0 Å². The van der Waals surface area contributed by atoms with Crippen molar-refractivity contribution in [2.24, 2.45) is 0 Å². The van der Waals surface area contributed by atoms with Crippen LogP contribution in [0.1, 0.15) is 82.3 Å². The van der Waals surface area contributed by atoms with Crippen molar-refractivity contribution in [3.05, 3.63) is 11.1 Å². The summed E-state index contributed by atoms with van der Waals surface area (Å²) in [5.41, 5.74) is 8.52. The van der Waals surface area contributed by atoms with Crippen LogP contribution in [0.5, 0.6) is 0 Å². The molecule has 0 bridgehead atoms. The molecule has 4 nitrogen and oxygen atoms in total. The molecule has 1 aliphatic rings. The average Bonchev–Trinajstić information content (AvgIpc) is 2.54. The summed E-state index contributed by atoms with van der Waals surface area (Å²) in [6.45, 7) is 8.90. The van der Waals surface area contributed by atoms with Crippen molar-refractivity contribution < 1.29 is 0 Å². The Morgan fingerprint density at radius 1 is 1.09 bits per heavy atom. The molecule has 124 valence electrons. The molecule has 22 heavy (non-hydrogen) atoms. The second-order valence-electron chi connectivity index (χ2n) is 6.75. The molecule has 1 saturated heterocycles. The molecular formula is C18H32N4. The van der Waals surface area contributed by atoms with Crippen LogP contribution in [0.15, 0.2) is 0 Å². The van der Waals surface area contributed by atoms with Crippen LogP contribution < -0.4 is 10.6 Å². The van der Waals surface area contributed by atoms with Gasteiger partial charge in [-0.05, 0) is 38.5 Å². The van der Waals surface area contributed by atoms with Crippen molar-refractivity contribution in [3.63, 3.8) is 0 Å². The van der Waals surface area contributed by atoms with Gasteiger partial charge in [-0.1, -0.05) is 39.5 Å². The lowest BCUT2D eigenvalue weighted by atomic mass is 9.91. The van der Waals surface area contributed by atoms with Crippen LogP contribution in [-0.4, -0.2) is 23.3 Å². The maximum Gasteiger partial charge on any atom is 0.155 e. The fraction of sp³-hybridized carbons (Fsp3) is 0.778. The first-order valence-corrected chi connectivity index (χ1v) is 9.02. The van der Waals surface area contributed by atoms with Crippen molar-refractivity contribution in [2.75, 3.05) is 23.7 Å². The zero-order chi connectivity index (χ0) is 15.9. The standard InChI is InChI=1S/C18H32N4/c1-4-5-6-8-11-14(2)16-15(3)17(19)20-21-18(16)22-12-9-7-10-13-22/h14H,4-13H2,1-3H3,(H2,19,20). The highest BCUT2D eigenvalue weighted by Gasteiger charge is 2.22. The van der Waals surface area contributed by atoms with Crippen LogP contribution in [0, 0.1) is 6.92 Å². The highest BCUT2D eigenvalue weighted by atomic mass is 15.3. The van der Waals surface area contributed by atoms with E-state index in [0.29, 0.717) is 11.7 Å². The summed E-state index contributed by atoms with van der Waals surface area (Å²) in [5.74, 6) is 2.19. The van der Waals surface area contributed by atoms with Gasteiger partial charge in [0, 0.05) is 24.2 Å². The van der Waals surface area contributed by atoms with E-state index in [-0.39, 0.29) is 0 Å².